The maximum atomic E-state index is 11.3. The van der Waals surface area contributed by atoms with Crippen molar-refractivity contribution in [3.8, 4) is 0 Å². The Morgan fingerprint density at radius 1 is 1.42 bits per heavy atom. The molecule has 0 aliphatic rings. The van der Waals surface area contributed by atoms with Crippen LogP contribution in [0.2, 0.25) is 0 Å². The molecule has 0 bridgehead atoms. The number of carboxylic acids is 1. The summed E-state index contributed by atoms with van der Waals surface area (Å²) in [6, 6.07) is 0. The molecule has 0 amide bonds. The smallest absolute Gasteiger partial charge is 0.313 e. The summed E-state index contributed by atoms with van der Waals surface area (Å²) in [7, 11) is 0. The van der Waals surface area contributed by atoms with Crippen LogP contribution in [0.25, 0.3) is 0 Å². The minimum atomic E-state index is -0.976. The number of nitrogens with zero attached hydrogens (tertiary/aromatic N) is 3. The first kappa shape index (κ1) is 15.4. The molecule has 1 aromatic rings. The van der Waals surface area contributed by atoms with Gasteiger partial charge in [0.25, 0.3) is 0 Å². The molecule has 0 atom stereocenters. The molecule has 9 heteroatoms. The fourth-order valence-electron chi connectivity index (χ4n) is 1.33. The van der Waals surface area contributed by atoms with Crippen LogP contribution in [0.5, 0.6) is 0 Å². The first-order valence-corrected chi connectivity index (χ1v) is 6.60. The van der Waals surface area contributed by atoms with Crippen molar-refractivity contribution in [1.82, 2.24) is 14.8 Å². The molecule has 8 nitrogen and oxygen atoms in total. The van der Waals surface area contributed by atoms with Crippen molar-refractivity contribution in [2.45, 2.75) is 31.7 Å². The lowest BCUT2D eigenvalue weighted by atomic mass is 10.4. The van der Waals surface area contributed by atoms with Crippen molar-refractivity contribution >= 4 is 23.7 Å². The second-order valence-corrected chi connectivity index (χ2v) is 4.39. The Morgan fingerprint density at radius 2 is 2.16 bits per heavy atom. The number of rotatable bonds is 8. The number of hydrogen-bond acceptors (Lipinski definition) is 7. The number of aliphatic hydroxyl groups is 1. The maximum absolute atomic E-state index is 11.3. The van der Waals surface area contributed by atoms with Gasteiger partial charge in [-0.3, -0.25) is 9.59 Å². The lowest BCUT2D eigenvalue weighted by Gasteiger charge is -2.07. The van der Waals surface area contributed by atoms with E-state index in [9.17, 15) is 9.59 Å². The van der Waals surface area contributed by atoms with E-state index in [0.29, 0.717) is 11.8 Å². The van der Waals surface area contributed by atoms with Crippen LogP contribution in [0.4, 0.5) is 0 Å². The summed E-state index contributed by atoms with van der Waals surface area (Å²) >= 11 is 0.983. The van der Waals surface area contributed by atoms with Gasteiger partial charge in [0.1, 0.15) is 6.61 Å². The van der Waals surface area contributed by atoms with Crippen molar-refractivity contribution in [3.05, 3.63) is 5.82 Å². The minimum absolute atomic E-state index is 0.111. The summed E-state index contributed by atoms with van der Waals surface area (Å²) in [4.78, 5) is 21.8. The zero-order valence-corrected chi connectivity index (χ0v) is 11.2. The van der Waals surface area contributed by atoms with Crippen LogP contribution in [0.3, 0.4) is 0 Å². The van der Waals surface area contributed by atoms with Crippen molar-refractivity contribution in [3.63, 3.8) is 0 Å². The summed E-state index contributed by atoms with van der Waals surface area (Å²) < 4.78 is 6.31. The van der Waals surface area contributed by atoms with Crippen LogP contribution >= 0.6 is 11.8 Å². The molecule has 0 aliphatic carbocycles. The Hall–Kier alpha value is -1.61. The number of carbonyl (C=O) groups is 2. The molecule has 0 saturated carbocycles. The van der Waals surface area contributed by atoms with Crippen LogP contribution < -0.4 is 0 Å². The van der Waals surface area contributed by atoms with Crippen molar-refractivity contribution in [2.24, 2.45) is 0 Å². The fourth-order valence-corrected chi connectivity index (χ4v) is 2.03. The number of esters is 1. The van der Waals surface area contributed by atoms with Crippen molar-refractivity contribution in [2.75, 3.05) is 12.4 Å². The molecule has 0 saturated heterocycles. The second-order valence-electron chi connectivity index (χ2n) is 3.45. The minimum Gasteiger partial charge on any atom is -0.481 e. The summed E-state index contributed by atoms with van der Waals surface area (Å²) in [5.41, 5.74) is 0. The van der Waals surface area contributed by atoms with Crippen LogP contribution in [0.15, 0.2) is 5.16 Å². The monoisotopic (exact) mass is 289 g/mol. The van der Waals surface area contributed by atoms with Gasteiger partial charge in [0.05, 0.1) is 18.8 Å². The molecule has 0 spiro atoms. The van der Waals surface area contributed by atoms with Gasteiger partial charge in [0.2, 0.25) is 0 Å². The van der Waals surface area contributed by atoms with Crippen LogP contribution in [0, 0.1) is 0 Å². The summed E-state index contributed by atoms with van der Waals surface area (Å²) in [6.45, 7) is 1.92. The molecular weight excluding hydrogens is 274 g/mol. The van der Waals surface area contributed by atoms with E-state index in [4.69, 9.17) is 14.9 Å². The molecule has 19 heavy (non-hydrogen) atoms. The predicted molar refractivity (Wildman–Crippen MR) is 65.6 cm³/mol. The van der Waals surface area contributed by atoms with Gasteiger partial charge in [-0.15, -0.1) is 10.2 Å². The third kappa shape index (κ3) is 4.87. The molecule has 1 heterocycles. The standard InChI is InChI=1S/C10H15N3O5S/c1-2-18-9(17)3-4-13-7(5-14)11-12-10(13)19-6-8(15)16/h14H,2-6H2,1H3,(H,15,16). The third-order valence-electron chi connectivity index (χ3n) is 2.10. The van der Waals surface area contributed by atoms with E-state index in [0.717, 1.165) is 11.8 Å². The number of aliphatic carboxylic acids is 1. The predicted octanol–water partition coefficient (Wildman–Crippen LogP) is -0.0997. The van der Waals surface area contributed by atoms with E-state index in [-0.39, 0.29) is 37.1 Å². The van der Waals surface area contributed by atoms with Crippen molar-refractivity contribution < 1.29 is 24.5 Å². The van der Waals surface area contributed by atoms with E-state index < -0.39 is 5.97 Å². The highest BCUT2D eigenvalue weighted by molar-refractivity contribution is 7.99. The Labute approximate surface area is 113 Å². The highest BCUT2D eigenvalue weighted by atomic mass is 32.2. The van der Waals surface area contributed by atoms with Gasteiger partial charge < -0.3 is 19.5 Å². The molecule has 106 valence electrons. The quantitative estimate of drug-likeness (QED) is 0.503. The Balaban J connectivity index is 2.69. The first-order valence-electron chi connectivity index (χ1n) is 5.61. The van der Waals surface area contributed by atoms with Gasteiger partial charge in [0.15, 0.2) is 11.0 Å². The maximum Gasteiger partial charge on any atom is 0.313 e. The zero-order valence-electron chi connectivity index (χ0n) is 10.4. The van der Waals surface area contributed by atoms with Gasteiger partial charge >= 0.3 is 11.9 Å². The lowest BCUT2D eigenvalue weighted by Crippen LogP contribution is -2.12. The summed E-state index contributed by atoms with van der Waals surface area (Å²) in [6.07, 6.45) is 0.111. The molecule has 1 aromatic heterocycles. The Bertz CT molecular complexity index is 448. The van der Waals surface area contributed by atoms with E-state index in [1.807, 2.05) is 0 Å². The number of aliphatic hydroxyl groups excluding tert-OH is 1. The fraction of sp³-hybridized carbons (Fsp3) is 0.600. The normalized spacial score (nSPS) is 10.4. The molecule has 2 N–H and O–H groups in total. The van der Waals surface area contributed by atoms with Crippen LogP contribution in [-0.4, -0.2) is 49.3 Å². The third-order valence-corrected chi connectivity index (χ3v) is 3.06. The molecular formula is C10H15N3O5S. The Morgan fingerprint density at radius 3 is 2.74 bits per heavy atom. The van der Waals surface area contributed by atoms with Gasteiger partial charge in [0, 0.05) is 6.54 Å². The topological polar surface area (TPSA) is 115 Å². The molecule has 1 rings (SSSR count). The van der Waals surface area contributed by atoms with Gasteiger partial charge in [-0.05, 0) is 6.92 Å². The number of hydrogen-bond donors (Lipinski definition) is 2. The molecule has 0 aromatic carbocycles. The molecule has 0 radical (unpaired) electrons. The summed E-state index contributed by atoms with van der Waals surface area (Å²) in [5, 5.41) is 25.6. The number of aromatic nitrogens is 3. The first-order chi connectivity index (χ1) is 9.08. The largest absolute Gasteiger partial charge is 0.481 e. The number of ether oxygens (including phenoxy) is 1. The number of thioether (sulfide) groups is 1. The van der Waals surface area contributed by atoms with Gasteiger partial charge in [-0.1, -0.05) is 11.8 Å². The average molecular weight is 289 g/mol. The highest BCUT2D eigenvalue weighted by Gasteiger charge is 2.14. The van der Waals surface area contributed by atoms with E-state index in [1.54, 1.807) is 6.92 Å². The number of carbonyl (C=O) groups excluding carboxylic acids is 1. The molecule has 0 fully saturated rings. The molecule has 0 aliphatic heterocycles. The zero-order chi connectivity index (χ0) is 14.3. The lowest BCUT2D eigenvalue weighted by molar-refractivity contribution is -0.143. The van der Waals surface area contributed by atoms with Gasteiger partial charge in [-0.2, -0.15) is 0 Å². The SMILES string of the molecule is CCOC(=O)CCn1c(CO)nnc1SCC(=O)O. The van der Waals surface area contributed by atoms with E-state index in [2.05, 4.69) is 10.2 Å². The highest BCUT2D eigenvalue weighted by Crippen LogP contribution is 2.17. The van der Waals surface area contributed by atoms with Crippen LogP contribution in [0.1, 0.15) is 19.2 Å². The van der Waals surface area contributed by atoms with Gasteiger partial charge in [-0.25, -0.2) is 0 Å². The number of carboxylic acid groups (broad SMARTS) is 1. The summed E-state index contributed by atoms with van der Waals surface area (Å²) in [5.74, 6) is -1.22. The van der Waals surface area contributed by atoms with Crippen LogP contribution in [-0.2, 0) is 27.5 Å². The Kier molecular flexibility index (Phi) is 6.30. The second kappa shape index (κ2) is 7.74. The van der Waals surface area contributed by atoms with E-state index in [1.165, 1.54) is 4.57 Å². The average Bonchev–Trinajstić information content (AvgIpc) is 2.76. The van der Waals surface area contributed by atoms with Crippen molar-refractivity contribution in [1.29, 1.82) is 0 Å². The molecule has 0 unspecified atom stereocenters. The van der Waals surface area contributed by atoms with E-state index >= 15 is 0 Å².